The van der Waals surface area contributed by atoms with Crippen molar-refractivity contribution >= 4 is 27.5 Å². The van der Waals surface area contributed by atoms with Crippen LogP contribution < -0.4 is 10.2 Å². The summed E-state index contributed by atoms with van der Waals surface area (Å²) in [6.45, 7) is 3.14. The molecule has 3 rings (SSSR count). The molecule has 2 fully saturated rings. The number of nitrogens with zero attached hydrogens (tertiary/aromatic N) is 2. The number of halogens is 1. The number of hydrogen-bond acceptors (Lipinski definition) is 3. The molecule has 1 heterocycles. The first-order valence-corrected chi connectivity index (χ1v) is 8.43. The molecule has 0 aromatic heterocycles. The van der Waals surface area contributed by atoms with Crippen molar-refractivity contribution < 1.29 is 4.79 Å². The molecular formula is C16H22BrN3O. The summed E-state index contributed by atoms with van der Waals surface area (Å²) in [5, 5.41) is 3.57. The van der Waals surface area contributed by atoms with Gasteiger partial charge in [-0.15, -0.1) is 0 Å². The standard InChI is InChI=1S/C16H22BrN3O/c1-19-7-2-8-20(11-16(19)21)15-6-3-13(17)9-12(15)10-18-14-4-5-14/h3,6,9,14,18H,2,4-5,7-8,10-11H2,1H3. The number of hydrogen-bond donors (Lipinski definition) is 1. The number of anilines is 1. The van der Waals surface area contributed by atoms with Crippen LogP contribution in [0.4, 0.5) is 5.69 Å². The van der Waals surface area contributed by atoms with Gasteiger partial charge in [0.1, 0.15) is 0 Å². The summed E-state index contributed by atoms with van der Waals surface area (Å²) in [4.78, 5) is 16.2. The fourth-order valence-corrected chi connectivity index (χ4v) is 3.15. The zero-order valence-corrected chi connectivity index (χ0v) is 14.0. The summed E-state index contributed by atoms with van der Waals surface area (Å²) in [7, 11) is 1.89. The van der Waals surface area contributed by atoms with E-state index in [0.717, 1.165) is 30.5 Å². The van der Waals surface area contributed by atoms with Gasteiger partial charge >= 0.3 is 0 Å². The number of amides is 1. The van der Waals surface area contributed by atoms with Gasteiger partial charge in [-0.25, -0.2) is 0 Å². The number of carbonyl (C=O) groups is 1. The molecule has 4 nitrogen and oxygen atoms in total. The third kappa shape index (κ3) is 3.77. The number of likely N-dealkylation sites (N-methyl/N-ethyl adjacent to an activating group) is 1. The van der Waals surface area contributed by atoms with E-state index in [0.29, 0.717) is 12.6 Å². The van der Waals surface area contributed by atoms with Gasteiger partial charge in [-0.05, 0) is 43.0 Å². The molecule has 0 unspecified atom stereocenters. The van der Waals surface area contributed by atoms with Gasteiger partial charge in [0.05, 0.1) is 6.54 Å². The van der Waals surface area contributed by atoms with Gasteiger partial charge in [0.2, 0.25) is 5.91 Å². The predicted molar refractivity (Wildman–Crippen MR) is 88.5 cm³/mol. The van der Waals surface area contributed by atoms with Gasteiger partial charge in [0, 0.05) is 42.9 Å². The molecule has 0 bridgehead atoms. The highest BCUT2D eigenvalue weighted by Crippen LogP contribution is 2.27. The van der Waals surface area contributed by atoms with Crippen LogP contribution in [0.5, 0.6) is 0 Å². The van der Waals surface area contributed by atoms with E-state index in [1.54, 1.807) is 0 Å². The van der Waals surface area contributed by atoms with E-state index in [-0.39, 0.29) is 5.91 Å². The summed E-state index contributed by atoms with van der Waals surface area (Å²) in [6, 6.07) is 7.06. The molecule has 21 heavy (non-hydrogen) atoms. The Balaban J connectivity index is 1.80. The van der Waals surface area contributed by atoms with E-state index in [9.17, 15) is 4.79 Å². The Labute approximate surface area is 134 Å². The summed E-state index contributed by atoms with van der Waals surface area (Å²) in [5.74, 6) is 0.205. The molecule has 1 saturated heterocycles. The fraction of sp³-hybridized carbons (Fsp3) is 0.562. The Bertz CT molecular complexity index is 530. The molecule has 0 radical (unpaired) electrons. The van der Waals surface area contributed by atoms with Gasteiger partial charge in [-0.2, -0.15) is 0 Å². The van der Waals surface area contributed by atoms with Crippen molar-refractivity contribution in [3.05, 3.63) is 28.2 Å². The minimum atomic E-state index is 0.205. The van der Waals surface area contributed by atoms with Crippen LogP contribution in [0.25, 0.3) is 0 Å². The fourth-order valence-electron chi connectivity index (χ4n) is 2.74. The summed E-state index contributed by atoms with van der Waals surface area (Å²) >= 11 is 3.56. The monoisotopic (exact) mass is 351 g/mol. The van der Waals surface area contributed by atoms with Crippen LogP contribution in [-0.4, -0.2) is 43.5 Å². The molecule has 0 spiro atoms. The summed E-state index contributed by atoms with van der Waals surface area (Å²) in [5.41, 5.74) is 2.46. The minimum Gasteiger partial charge on any atom is -0.362 e. The lowest BCUT2D eigenvalue weighted by Crippen LogP contribution is -2.35. The van der Waals surface area contributed by atoms with Crippen LogP contribution in [0.1, 0.15) is 24.8 Å². The van der Waals surface area contributed by atoms with Gasteiger partial charge in [0.15, 0.2) is 0 Å². The molecule has 1 amide bonds. The predicted octanol–water partition coefficient (Wildman–Crippen LogP) is 2.37. The molecule has 1 aliphatic carbocycles. The second-order valence-corrected chi connectivity index (χ2v) is 6.93. The third-order valence-electron chi connectivity index (χ3n) is 4.21. The number of rotatable bonds is 4. The highest BCUT2D eigenvalue weighted by Gasteiger charge is 2.23. The van der Waals surface area contributed by atoms with Crippen molar-refractivity contribution in [1.82, 2.24) is 10.2 Å². The zero-order chi connectivity index (χ0) is 14.8. The van der Waals surface area contributed by atoms with Crippen LogP contribution in [0.15, 0.2) is 22.7 Å². The van der Waals surface area contributed by atoms with Crippen LogP contribution in [-0.2, 0) is 11.3 Å². The number of benzene rings is 1. The molecule has 114 valence electrons. The molecule has 1 aromatic rings. The Kier molecular flexibility index (Phi) is 4.50. The van der Waals surface area contributed by atoms with E-state index >= 15 is 0 Å². The first-order chi connectivity index (χ1) is 10.1. The van der Waals surface area contributed by atoms with E-state index in [1.807, 2.05) is 11.9 Å². The lowest BCUT2D eigenvalue weighted by Gasteiger charge is -2.25. The highest BCUT2D eigenvalue weighted by molar-refractivity contribution is 9.10. The SMILES string of the molecule is CN1CCCN(c2ccc(Br)cc2CNC2CC2)CC1=O. The van der Waals surface area contributed by atoms with Crippen molar-refractivity contribution in [3.63, 3.8) is 0 Å². The van der Waals surface area contributed by atoms with Crippen LogP contribution in [0, 0.1) is 0 Å². The summed E-state index contributed by atoms with van der Waals surface area (Å²) < 4.78 is 1.09. The van der Waals surface area contributed by atoms with Crippen molar-refractivity contribution in [1.29, 1.82) is 0 Å². The quantitative estimate of drug-likeness (QED) is 0.904. The van der Waals surface area contributed by atoms with Gasteiger partial charge in [0.25, 0.3) is 0 Å². The van der Waals surface area contributed by atoms with Crippen molar-refractivity contribution in [2.75, 3.05) is 31.6 Å². The van der Waals surface area contributed by atoms with Crippen molar-refractivity contribution in [3.8, 4) is 0 Å². The van der Waals surface area contributed by atoms with Crippen LogP contribution in [0.2, 0.25) is 0 Å². The van der Waals surface area contributed by atoms with Gasteiger partial charge in [-0.1, -0.05) is 15.9 Å². The average molecular weight is 352 g/mol. The lowest BCUT2D eigenvalue weighted by atomic mass is 10.1. The topological polar surface area (TPSA) is 35.6 Å². The molecule has 1 aliphatic heterocycles. The maximum Gasteiger partial charge on any atom is 0.241 e. The van der Waals surface area contributed by atoms with E-state index in [4.69, 9.17) is 0 Å². The van der Waals surface area contributed by atoms with Crippen LogP contribution >= 0.6 is 15.9 Å². The maximum absolute atomic E-state index is 12.1. The van der Waals surface area contributed by atoms with Gasteiger partial charge < -0.3 is 15.1 Å². The Morgan fingerprint density at radius 2 is 2.14 bits per heavy atom. The molecule has 2 aliphatic rings. The van der Waals surface area contributed by atoms with Crippen molar-refractivity contribution in [2.24, 2.45) is 0 Å². The number of nitrogens with one attached hydrogen (secondary N) is 1. The molecule has 0 atom stereocenters. The first-order valence-electron chi connectivity index (χ1n) is 7.64. The first kappa shape index (κ1) is 14.9. The van der Waals surface area contributed by atoms with E-state index in [2.05, 4.69) is 44.3 Å². The molecule has 1 saturated carbocycles. The second-order valence-electron chi connectivity index (χ2n) is 6.02. The zero-order valence-electron chi connectivity index (χ0n) is 12.4. The Morgan fingerprint density at radius 3 is 2.90 bits per heavy atom. The summed E-state index contributed by atoms with van der Waals surface area (Å²) in [6.07, 6.45) is 3.60. The Morgan fingerprint density at radius 1 is 1.33 bits per heavy atom. The molecule has 5 heteroatoms. The van der Waals surface area contributed by atoms with E-state index < -0.39 is 0 Å². The molecule has 1 N–H and O–H groups in total. The van der Waals surface area contributed by atoms with Crippen molar-refractivity contribution in [2.45, 2.75) is 31.8 Å². The molecular weight excluding hydrogens is 330 g/mol. The largest absolute Gasteiger partial charge is 0.362 e. The molecule has 1 aromatic carbocycles. The second kappa shape index (κ2) is 6.36. The highest BCUT2D eigenvalue weighted by atomic mass is 79.9. The van der Waals surface area contributed by atoms with Crippen LogP contribution in [0.3, 0.4) is 0 Å². The average Bonchev–Trinajstić information content (AvgIpc) is 3.28. The lowest BCUT2D eigenvalue weighted by molar-refractivity contribution is -0.127. The smallest absolute Gasteiger partial charge is 0.241 e. The minimum absolute atomic E-state index is 0.205. The number of carbonyl (C=O) groups excluding carboxylic acids is 1. The Hall–Kier alpha value is -1.07. The van der Waals surface area contributed by atoms with Gasteiger partial charge in [-0.3, -0.25) is 4.79 Å². The normalized spacial score (nSPS) is 19.8. The maximum atomic E-state index is 12.1. The van der Waals surface area contributed by atoms with E-state index in [1.165, 1.54) is 24.1 Å². The third-order valence-corrected chi connectivity index (χ3v) is 4.71.